The monoisotopic (exact) mass is 386 g/mol. The summed E-state index contributed by atoms with van der Waals surface area (Å²) in [4.78, 5) is 0. The highest BCUT2D eigenvalue weighted by Crippen LogP contribution is 2.33. The van der Waals surface area contributed by atoms with Crippen LogP contribution in [0.25, 0.3) is 0 Å². The van der Waals surface area contributed by atoms with Gasteiger partial charge in [0.1, 0.15) is 23.2 Å². The van der Waals surface area contributed by atoms with Crippen LogP contribution in [0.1, 0.15) is 5.56 Å². The average molecular weight is 388 g/mol. The van der Waals surface area contributed by atoms with E-state index >= 15 is 0 Å². The highest BCUT2D eigenvalue weighted by Gasteiger charge is 2.14. The van der Waals surface area contributed by atoms with Gasteiger partial charge in [-0.15, -0.1) is 0 Å². The number of ether oxygens (including phenoxy) is 1. The van der Waals surface area contributed by atoms with Crippen LogP contribution in [0.2, 0.25) is 0 Å². The Kier molecular flexibility index (Phi) is 4.21. The molecule has 0 aromatic heterocycles. The number of amidine groups is 1. The van der Waals surface area contributed by atoms with Crippen molar-refractivity contribution in [1.82, 2.24) is 0 Å². The number of nitrogens with two attached hydrogens (primary N) is 1. The molecule has 0 atom stereocenters. The van der Waals surface area contributed by atoms with Crippen molar-refractivity contribution in [3.8, 4) is 11.5 Å². The summed E-state index contributed by atoms with van der Waals surface area (Å²) in [6.07, 6.45) is 0. The molecule has 2 aromatic carbocycles. The summed E-state index contributed by atoms with van der Waals surface area (Å²) in [5, 5.41) is 7.41. The number of hydrogen-bond donors (Lipinski definition) is 2. The summed E-state index contributed by atoms with van der Waals surface area (Å²) in [6.45, 7) is 0. The van der Waals surface area contributed by atoms with Crippen LogP contribution in [-0.2, 0) is 0 Å². The Morgan fingerprint density at radius 2 is 1.89 bits per heavy atom. The van der Waals surface area contributed by atoms with E-state index in [1.807, 2.05) is 6.07 Å². The summed E-state index contributed by atoms with van der Waals surface area (Å²) >= 11 is 6.68. The Morgan fingerprint density at radius 3 is 2.53 bits per heavy atom. The maximum Gasteiger partial charge on any atom is 0.141 e. The SMILES string of the molecule is N=C(N)c1c(F)cccc1Oc1ccc(Br)cc1Br. The van der Waals surface area contributed by atoms with Gasteiger partial charge in [0, 0.05) is 4.47 Å². The van der Waals surface area contributed by atoms with Crippen LogP contribution >= 0.6 is 31.9 Å². The van der Waals surface area contributed by atoms with Crippen molar-refractivity contribution < 1.29 is 9.13 Å². The third-order valence-corrected chi connectivity index (χ3v) is 3.47. The molecular weight excluding hydrogens is 379 g/mol. The van der Waals surface area contributed by atoms with Gasteiger partial charge in [-0.05, 0) is 46.3 Å². The summed E-state index contributed by atoms with van der Waals surface area (Å²) in [5.41, 5.74) is 5.33. The lowest BCUT2D eigenvalue weighted by atomic mass is 10.1. The van der Waals surface area contributed by atoms with Gasteiger partial charge in [-0.3, -0.25) is 5.41 Å². The van der Waals surface area contributed by atoms with E-state index in [2.05, 4.69) is 31.9 Å². The van der Waals surface area contributed by atoms with Gasteiger partial charge in [0.05, 0.1) is 10.0 Å². The van der Waals surface area contributed by atoms with E-state index in [1.165, 1.54) is 12.1 Å². The lowest BCUT2D eigenvalue weighted by Crippen LogP contribution is -2.14. The third kappa shape index (κ3) is 3.13. The summed E-state index contributed by atoms with van der Waals surface area (Å²) in [7, 11) is 0. The molecule has 0 bridgehead atoms. The minimum atomic E-state index is -0.585. The standard InChI is InChI=1S/C13H9Br2FN2O/c14-7-4-5-10(8(15)6-7)19-11-3-1-2-9(16)12(11)13(17)18/h1-6H,(H3,17,18). The first kappa shape index (κ1) is 14.0. The number of halogens is 3. The van der Waals surface area contributed by atoms with Crippen molar-refractivity contribution in [2.45, 2.75) is 0 Å². The van der Waals surface area contributed by atoms with Crippen LogP contribution in [-0.4, -0.2) is 5.84 Å². The first-order valence-electron chi connectivity index (χ1n) is 5.25. The van der Waals surface area contributed by atoms with Crippen LogP contribution in [0, 0.1) is 11.2 Å². The normalized spacial score (nSPS) is 10.3. The molecule has 6 heteroatoms. The number of nitrogen functional groups attached to an aromatic ring is 1. The maximum absolute atomic E-state index is 13.6. The molecule has 3 nitrogen and oxygen atoms in total. The molecule has 98 valence electrons. The fourth-order valence-electron chi connectivity index (χ4n) is 1.53. The maximum atomic E-state index is 13.6. The lowest BCUT2D eigenvalue weighted by Gasteiger charge is -2.12. The second-order valence-electron chi connectivity index (χ2n) is 3.70. The molecule has 0 aliphatic carbocycles. The van der Waals surface area contributed by atoms with Gasteiger partial charge in [0.25, 0.3) is 0 Å². The quantitative estimate of drug-likeness (QED) is 0.604. The van der Waals surface area contributed by atoms with Crippen LogP contribution in [0.3, 0.4) is 0 Å². The molecule has 0 heterocycles. The Bertz CT molecular complexity index is 647. The smallest absolute Gasteiger partial charge is 0.141 e. The molecule has 2 aromatic rings. The molecular formula is C13H9Br2FN2O. The highest BCUT2D eigenvalue weighted by atomic mass is 79.9. The molecule has 2 rings (SSSR count). The summed E-state index contributed by atoms with van der Waals surface area (Å²) in [6, 6.07) is 9.64. The Balaban J connectivity index is 2.44. The second kappa shape index (κ2) is 5.71. The van der Waals surface area contributed by atoms with Crippen molar-refractivity contribution in [2.24, 2.45) is 5.73 Å². The van der Waals surface area contributed by atoms with Gasteiger partial charge in [-0.2, -0.15) is 0 Å². The molecule has 3 N–H and O–H groups in total. The number of nitrogens with one attached hydrogen (secondary N) is 1. The molecule has 0 saturated heterocycles. The van der Waals surface area contributed by atoms with E-state index in [4.69, 9.17) is 15.9 Å². The van der Waals surface area contributed by atoms with E-state index < -0.39 is 5.82 Å². The number of benzene rings is 2. The minimum Gasteiger partial charge on any atom is -0.455 e. The van der Waals surface area contributed by atoms with E-state index in [0.29, 0.717) is 10.2 Å². The van der Waals surface area contributed by atoms with E-state index in [1.54, 1.807) is 18.2 Å². The number of rotatable bonds is 3. The van der Waals surface area contributed by atoms with Crippen LogP contribution in [0.4, 0.5) is 4.39 Å². The van der Waals surface area contributed by atoms with Crippen LogP contribution in [0.15, 0.2) is 45.3 Å². The van der Waals surface area contributed by atoms with Crippen molar-refractivity contribution >= 4 is 37.7 Å². The summed E-state index contributed by atoms with van der Waals surface area (Å²) in [5.74, 6) is -0.244. The van der Waals surface area contributed by atoms with Crippen LogP contribution in [0.5, 0.6) is 11.5 Å². The summed E-state index contributed by atoms with van der Waals surface area (Å²) < 4.78 is 20.9. The van der Waals surface area contributed by atoms with Crippen molar-refractivity contribution in [2.75, 3.05) is 0 Å². The molecule has 0 radical (unpaired) electrons. The topological polar surface area (TPSA) is 59.1 Å². The molecule has 19 heavy (non-hydrogen) atoms. The fourth-order valence-corrected chi connectivity index (χ4v) is 2.66. The predicted molar refractivity (Wildman–Crippen MR) is 79.3 cm³/mol. The van der Waals surface area contributed by atoms with Crippen molar-refractivity contribution in [3.63, 3.8) is 0 Å². The third-order valence-electron chi connectivity index (χ3n) is 2.36. The van der Waals surface area contributed by atoms with Gasteiger partial charge in [-0.1, -0.05) is 22.0 Å². The van der Waals surface area contributed by atoms with E-state index in [0.717, 1.165) is 4.47 Å². The van der Waals surface area contributed by atoms with Gasteiger partial charge in [-0.25, -0.2) is 4.39 Å². The Labute approximate surface area is 126 Å². The number of hydrogen-bond acceptors (Lipinski definition) is 2. The Morgan fingerprint density at radius 1 is 1.16 bits per heavy atom. The lowest BCUT2D eigenvalue weighted by molar-refractivity contribution is 0.472. The Hall–Kier alpha value is -1.40. The van der Waals surface area contributed by atoms with Gasteiger partial charge < -0.3 is 10.5 Å². The van der Waals surface area contributed by atoms with Crippen LogP contribution < -0.4 is 10.5 Å². The van der Waals surface area contributed by atoms with E-state index in [9.17, 15) is 4.39 Å². The molecule has 0 fully saturated rings. The minimum absolute atomic E-state index is 0.0441. The molecule has 0 saturated carbocycles. The first-order valence-corrected chi connectivity index (χ1v) is 6.83. The van der Waals surface area contributed by atoms with E-state index in [-0.39, 0.29) is 17.1 Å². The first-order chi connectivity index (χ1) is 8.99. The molecule has 0 aliphatic rings. The highest BCUT2D eigenvalue weighted by molar-refractivity contribution is 9.11. The zero-order valence-electron chi connectivity index (χ0n) is 9.58. The fraction of sp³-hybridized carbons (Fsp3) is 0. The zero-order chi connectivity index (χ0) is 14.0. The zero-order valence-corrected chi connectivity index (χ0v) is 12.8. The van der Waals surface area contributed by atoms with Gasteiger partial charge in [0.2, 0.25) is 0 Å². The van der Waals surface area contributed by atoms with Crippen molar-refractivity contribution in [3.05, 3.63) is 56.7 Å². The molecule has 0 spiro atoms. The largest absolute Gasteiger partial charge is 0.455 e. The van der Waals surface area contributed by atoms with Gasteiger partial charge in [0.15, 0.2) is 0 Å². The second-order valence-corrected chi connectivity index (χ2v) is 5.47. The molecule has 0 amide bonds. The van der Waals surface area contributed by atoms with Crippen molar-refractivity contribution in [1.29, 1.82) is 5.41 Å². The van der Waals surface area contributed by atoms with Gasteiger partial charge >= 0.3 is 0 Å². The molecule has 0 aliphatic heterocycles. The predicted octanol–water partition coefficient (Wildman–Crippen LogP) is 4.43. The average Bonchev–Trinajstić information content (AvgIpc) is 2.32. The molecule has 0 unspecified atom stereocenters.